The Balaban J connectivity index is 1.47. The van der Waals surface area contributed by atoms with Crippen LogP contribution in [0.1, 0.15) is 56.8 Å². The van der Waals surface area contributed by atoms with Gasteiger partial charge in [-0.15, -0.1) is 5.10 Å². The summed E-state index contributed by atoms with van der Waals surface area (Å²) in [5.74, 6) is 0.423. The molecule has 4 rings (SSSR count). The monoisotopic (exact) mass is 450 g/mol. The number of amides is 2. The van der Waals surface area contributed by atoms with Crippen LogP contribution in [0.3, 0.4) is 0 Å². The maximum Gasteiger partial charge on any atom is 0.407 e. The van der Waals surface area contributed by atoms with Gasteiger partial charge in [-0.3, -0.25) is 4.79 Å². The van der Waals surface area contributed by atoms with E-state index >= 15 is 0 Å². The molecule has 0 unspecified atom stereocenters. The van der Waals surface area contributed by atoms with E-state index in [1.165, 1.54) is 0 Å². The van der Waals surface area contributed by atoms with Crippen LogP contribution in [0.15, 0.2) is 48.8 Å². The Labute approximate surface area is 192 Å². The van der Waals surface area contributed by atoms with Crippen molar-refractivity contribution in [3.63, 3.8) is 0 Å². The number of aromatic nitrogens is 3. The molecule has 9 heteroatoms. The topological polar surface area (TPSA) is 112 Å². The molecule has 0 spiro atoms. The van der Waals surface area contributed by atoms with E-state index in [-0.39, 0.29) is 18.0 Å². The lowest BCUT2D eigenvalue weighted by atomic mass is 9.88. The fourth-order valence-electron chi connectivity index (χ4n) is 4.54. The van der Waals surface area contributed by atoms with Crippen molar-refractivity contribution in [2.45, 2.75) is 64.1 Å². The molecule has 3 N–H and O–H groups in total. The number of imidazole rings is 1. The van der Waals surface area contributed by atoms with Crippen molar-refractivity contribution < 1.29 is 14.7 Å². The predicted octanol–water partition coefficient (Wildman–Crippen LogP) is 4.48. The summed E-state index contributed by atoms with van der Waals surface area (Å²) >= 11 is 0. The molecule has 0 saturated heterocycles. The van der Waals surface area contributed by atoms with Gasteiger partial charge in [-0.2, -0.15) is 0 Å². The second-order valence-electron chi connectivity index (χ2n) is 9.43. The van der Waals surface area contributed by atoms with Crippen molar-refractivity contribution in [1.82, 2.24) is 19.5 Å². The molecule has 1 aromatic carbocycles. The molecule has 2 heterocycles. The molecule has 174 valence electrons. The maximum atomic E-state index is 12.7. The Hall–Kier alpha value is -3.62. The van der Waals surface area contributed by atoms with Crippen molar-refractivity contribution in [3.05, 3.63) is 54.4 Å². The van der Waals surface area contributed by atoms with Crippen LogP contribution in [0.25, 0.3) is 5.65 Å². The summed E-state index contributed by atoms with van der Waals surface area (Å²) in [6.45, 7) is 5.79. The molecule has 0 bridgehead atoms. The number of rotatable bonds is 5. The van der Waals surface area contributed by atoms with Gasteiger partial charge in [0.05, 0.1) is 5.69 Å². The standard InChI is InChI=1S/C24H30N6O3/c1-24(2,3)30(23(32)33)18-11-9-17(10-12-18)26-20-15-19(21-25-13-14-29(21)28-20)27-22(31)16-7-5-4-6-8-16/h4-8,13-15,17-18H,9-12H2,1-3H3,(H,26,28)(H,27,31)(H,32,33)/t17-,18-. The molecule has 1 aliphatic rings. The summed E-state index contributed by atoms with van der Waals surface area (Å²) in [5.41, 5.74) is 1.27. The highest BCUT2D eigenvalue weighted by molar-refractivity contribution is 6.06. The van der Waals surface area contributed by atoms with Gasteiger partial charge in [0.2, 0.25) is 0 Å². The molecule has 0 radical (unpaired) electrons. The molecule has 1 saturated carbocycles. The lowest BCUT2D eigenvalue weighted by Gasteiger charge is -2.42. The van der Waals surface area contributed by atoms with Gasteiger partial charge >= 0.3 is 6.09 Å². The number of hydrogen-bond donors (Lipinski definition) is 3. The van der Waals surface area contributed by atoms with Crippen LogP contribution in [-0.4, -0.2) is 54.2 Å². The molecule has 0 aliphatic heterocycles. The summed E-state index contributed by atoms with van der Waals surface area (Å²) in [6, 6.07) is 11.0. The van der Waals surface area contributed by atoms with Gasteiger partial charge in [0, 0.05) is 41.6 Å². The van der Waals surface area contributed by atoms with Gasteiger partial charge in [-0.25, -0.2) is 14.3 Å². The molecular weight excluding hydrogens is 420 g/mol. The van der Waals surface area contributed by atoms with Gasteiger partial charge in [0.25, 0.3) is 5.91 Å². The normalized spacial score (nSPS) is 18.6. The molecule has 1 fully saturated rings. The third-order valence-corrected chi connectivity index (χ3v) is 5.99. The third kappa shape index (κ3) is 5.08. The summed E-state index contributed by atoms with van der Waals surface area (Å²) in [4.78, 5) is 30.4. The number of nitrogens with zero attached hydrogens (tertiary/aromatic N) is 4. The number of carbonyl (C=O) groups excluding carboxylic acids is 1. The van der Waals surface area contributed by atoms with Crippen molar-refractivity contribution in [2.24, 2.45) is 0 Å². The molecule has 3 aromatic rings. The van der Waals surface area contributed by atoms with Crippen LogP contribution in [0.4, 0.5) is 16.3 Å². The van der Waals surface area contributed by atoms with Crippen LogP contribution < -0.4 is 10.6 Å². The van der Waals surface area contributed by atoms with Crippen LogP contribution in [-0.2, 0) is 0 Å². The zero-order chi connectivity index (χ0) is 23.6. The minimum Gasteiger partial charge on any atom is -0.465 e. The molecule has 0 atom stereocenters. The fraction of sp³-hybridized carbons (Fsp3) is 0.417. The highest BCUT2D eigenvalue weighted by Gasteiger charge is 2.35. The van der Waals surface area contributed by atoms with Crippen LogP contribution in [0, 0.1) is 0 Å². The Kier molecular flexibility index (Phi) is 6.22. The molecule has 9 nitrogen and oxygen atoms in total. The Morgan fingerprint density at radius 1 is 1.12 bits per heavy atom. The first-order valence-corrected chi connectivity index (χ1v) is 11.2. The van der Waals surface area contributed by atoms with Crippen molar-refractivity contribution >= 4 is 29.2 Å². The number of carboxylic acid groups (broad SMARTS) is 1. The summed E-state index contributed by atoms with van der Waals surface area (Å²) < 4.78 is 1.64. The highest BCUT2D eigenvalue weighted by Crippen LogP contribution is 2.30. The zero-order valence-electron chi connectivity index (χ0n) is 19.2. The predicted molar refractivity (Wildman–Crippen MR) is 127 cm³/mol. The van der Waals surface area contributed by atoms with E-state index in [0.717, 1.165) is 25.7 Å². The smallest absolute Gasteiger partial charge is 0.407 e. The van der Waals surface area contributed by atoms with Gasteiger partial charge in [-0.1, -0.05) is 18.2 Å². The van der Waals surface area contributed by atoms with Crippen LogP contribution >= 0.6 is 0 Å². The van der Waals surface area contributed by atoms with Gasteiger partial charge in [0.1, 0.15) is 5.82 Å². The quantitative estimate of drug-likeness (QED) is 0.528. The SMILES string of the molecule is CC(C)(C)N(C(=O)O)[C@H]1CC[C@H](Nc2cc(NC(=O)c3ccccc3)c3nccn3n2)CC1. The Morgan fingerprint density at radius 3 is 2.45 bits per heavy atom. The molecule has 2 amide bonds. The first kappa shape index (κ1) is 22.6. The van der Waals surface area contributed by atoms with Gasteiger partial charge < -0.3 is 20.6 Å². The lowest BCUT2D eigenvalue weighted by Crippen LogP contribution is -2.52. The highest BCUT2D eigenvalue weighted by atomic mass is 16.4. The summed E-state index contributed by atoms with van der Waals surface area (Å²) in [6.07, 6.45) is 5.74. The summed E-state index contributed by atoms with van der Waals surface area (Å²) in [5, 5.41) is 20.7. The number of nitrogens with one attached hydrogen (secondary N) is 2. The van der Waals surface area contributed by atoms with E-state index in [1.807, 2.05) is 39.0 Å². The van der Waals surface area contributed by atoms with Crippen molar-refractivity contribution in [2.75, 3.05) is 10.6 Å². The second-order valence-corrected chi connectivity index (χ2v) is 9.43. The average molecular weight is 451 g/mol. The largest absolute Gasteiger partial charge is 0.465 e. The van der Waals surface area contributed by atoms with Gasteiger partial charge in [-0.05, 0) is 58.6 Å². The number of fused-ring (bicyclic) bond motifs is 1. The van der Waals surface area contributed by atoms with E-state index in [0.29, 0.717) is 22.7 Å². The Morgan fingerprint density at radius 2 is 1.82 bits per heavy atom. The summed E-state index contributed by atoms with van der Waals surface area (Å²) in [7, 11) is 0. The zero-order valence-corrected chi connectivity index (χ0v) is 19.2. The van der Waals surface area contributed by atoms with E-state index < -0.39 is 11.6 Å². The second kappa shape index (κ2) is 9.09. The van der Waals surface area contributed by atoms with Crippen molar-refractivity contribution in [1.29, 1.82) is 0 Å². The van der Waals surface area contributed by atoms with Crippen LogP contribution in [0.2, 0.25) is 0 Å². The van der Waals surface area contributed by atoms with E-state index in [9.17, 15) is 14.7 Å². The van der Waals surface area contributed by atoms with E-state index in [2.05, 4.69) is 20.7 Å². The van der Waals surface area contributed by atoms with E-state index in [1.54, 1.807) is 40.0 Å². The number of carbonyl (C=O) groups is 2. The third-order valence-electron chi connectivity index (χ3n) is 5.99. The first-order chi connectivity index (χ1) is 15.7. The Bertz CT molecular complexity index is 1130. The molecule has 1 aliphatic carbocycles. The molecular formula is C24H30N6O3. The fourth-order valence-corrected chi connectivity index (χ4v) is 4.54. The first-order valence-electron chi connectivity index (χ1n) is 11.2. The van der Waals surface area contributed by atoms with Crippen LogP contribution in [0.5, 0.6) is 0 Å². The average Bonchev–Trinajstić information content (AvgIpc) is 3.23. The number of anilines is 2. The lowest BCUT2D eigenvalue weighted by molar-refractivity contribution is 0.0556. The van der Waals surface area contributed by atoms with Gasteiger partial charge in [0.15, 0.2) is 5.65 Å². The number of benzene rings is 1. The number of hydrogen-bond acceptors (Lipinski definition) is 5. The maximum absolute atomic E-state index is 12.7. The minimum atomic E-state index is -0.870. The van der Waals surface area contributed by atoms with E-state index in [4.69, 9.17) is 0 Å². The van der Waals surface area contributed by atoms with Crippen molar-refractivity contribution in [3.8, 4) is 0 Å². The molecule has 33 heavy (non-hydrogen) atoms. The minimum absolute atomic E-state index is 0.00496. The molecule has 2 aromatic heterocycles.